The van der Waals surface area contributed by atoms with Crippen molar-refractivity contribution in [3.05, 3.63) is 47.0 Å². The molecule has 0 aliphatic heterocycles. The molecule has 1 N–H and O–H groups in total. The largest absolute Gasteiger partial charge is 0.466 e. The second kappa shape index (κ2) is 9.01. The number of ketones is 1. The fourth-order valence-corrected chi connectivity index (χ4v) is 2.71. The Labute approximate surface area is 142 Å². The number of hydrogen-bond acceptors (Lipinski definition) is 4. The van der Waals surface area contributed by atoms with E-state index >= 15 is 0 Å². The Hall–Kier alpha value is -2.43. The van der Waals surface area contributed by atoms with Gasteiger partial charge < -0.3 is 10.1 Å². The van der Waals surface area contributed by atoms with Gasteiger partial charge in [-0.15, -0.1) is 0 Å². The first-order chi connectivity index (χ1) is 11.6. The van der Waals surface area contributed by atoms with Crippen molar-refractivity contribution in [2.24, 2.45) is 0 Å². The summed E-state index contributed by atoms with van der Waals surface area (Å²) in [7, 11) is 0. The van der Waals surface area contributed by atoms with Crippen LogP contribution in [0, 0.1) is 0 Å². The maximum absolute atomic E-state index is 12.2. The minimum atomic E-state index is -0.398. The molecule has 0 saturated heterocycles. The van der Waals surface area contributed by atoms with Crippen LogP contribution in [0.15, 0.2) is 30.4 Å². The van der Waals surface area contributed by atoms with E-state index in [2.05, 4.69) is 5.32 Å². The number of amides is 1. The minimum Gasteiger partial charge on any atom is -0.466 e. The lowest BCUT2D eigenvalue weighted by Crippen LogP contribution is -2.24. The molecule has 2 rings (SSSR count). The lowest BCUT2D eigenvalue weighted by atomic mass is 9.90. The van der Waals surface area contributed by atoms with Crippen LogP contribution >= 0.6 is 0 Å². The molecule has 0 atom stereocenters. The van der Waals surface area contributed by atoms with E-state index < -0.39 is 5.91 Å². The molecule has 1 aliphatic carbocycles. The number of rotatable bonds is 7. The number of benzene rings is 1. The predicted octanol–water partition coefficient (Wildman–Crippen LogP) is 2.37. The Bertz CT molecular complexity index is 649. The molecule has 0 bridgehead atoms. The zero-order chi connectivity index (χ0) is 17.4. The second-order valence-corrected chi connectivity index (χ2v) is 5.73. The van der Waals surface area contributed by atoms with Crippen molar-refractivity contribution in [2.75, 3.05) is 13.2 Å². The molecule has 0 unspecified atom stereocenters. The van der Waals surface area contributed by atoms with Gasteiger partial charge in [-0.25, -0.2) is 0 Å². The summed E-state index contributed by atoms with van der Waals surface area (Å²) < 4.78 is 4.76. The van der Waals surface area contributed by atoms with Crippen LogP contribution in [-0.2, 0) is 27.2 Å². The van der Waals surface area contributed by atoms with Gasteiger partial charge in [-0.1, -0.05) is 12.1 Å². The summed E-state index contributed by atoms with van der Waals surface area (Å²) in [5.74, 6) is -0.943. The average Bonchev–Trinajstić information content (AvgIpc) is 2.59. The average molecular weight is 329 g/mol. The van der Waals surface area contributed by atoms with Crippen LogP contribution in [0.3, 0.4) is 0 Å². The second-order valence-electron chi connectivity index (χ2n) is 5.73. The Morgan fingerprint density at radius 2 is 1.88 bits per heavy atom. The first-order valence-electron chi connectivity index (χ1n) is 8.38. The van der Waals surface area contributed by atoms with Crippen molar-refractivity contribution >= 4 is 17.7 Å². The monoisotopic (exact) mass is 329 g/mol. The van der Waals surface area contributed by atoms with E-state index in [0.717, 1.165) is 19.3 Å². The number of carbonyl (C=O) groups is 3. The lowest BCUT2D eigenvalue weighted by molar-refractivity contribution is -0.142. The van der Waals surface area contributed by atoms with Crippen LogP contribution in [0.1, 0.15) is 47.7 Å². The van der Waals surface area contributed by atoms with Gasteiger partial charge in [0.15, 0.2) is 5.78 Å². The van der Waals surface area contributed by atoms with Crippen LogP contribution in [0.4, 0.5) is 0 Å². The van der Waals surface area contributed by atoms with Gasteiger partial charge in [0.25, 0.3) is 0 Å². The van der Waals surface area contributed by atoms with E-state index in [1.165, 1.54) is 29.7 Å². The Morgan fingerprint density at radius 1 is 1.12 bits per heavy atom. The minimum absolute atomic E-state index is 0.117. The number of nitrogens with one attached hydrogen (secondary N) is 1. The van der Waals surface area contributed by atoms with Gasteiger partial charge >= 0.3 is 5.97 Å². The van der Waals surface area contributed by atoms with Gasteiger partial charge in [-0.3, -0.25) is 14.4 Å². The molecule has 1 aromatic rings. The highest BCUT2D eigenvalue weighted by molar-refractivity contribution is 6.07. The maximum Gasteiger partial charge on any atom is 0.307 e. The van der Waals surface area contributed by atoms with Gasteiger partial charge in [-0.2, -0.15) is 0 Å². The van der Waals surface area contributed by atoms with Gasteiger partial charge in [0, 0.05) is 18.2 Å². The molecule has 5 heteroatoms. The summed E-state index contributed by atoms with van der Waals surface area (Å²) in [6, 6.07) is 5.75. The summed E-state index contributed by atoms with van der Waals surface area (Å²) in [4.78, 5) is 35.0. The van der Waals surface area contributed by atoms with Crippen molar-refractivity contribution in [3.8, 4) is 0 Å². The Kier molecular flexibility index (Phi) is 6.73. The van der Waals surface area contributed by atoms with E-state index in [9.17, 15) is 14.4 Å². The van der Waals surface area contributed by atoms with Crippen LogP contribution in [-0.4, -0.2) is 30.8 Å². The smallest absolute Gasteiger partial charge is 0.307 e. The summed E-state index contributed by atoms with van der Waals surface area (Å²) in [6.07, 6.45) is 7.02. The molecule has 5 nitrogen and oxygen atoms in total. The fraction of sp³-hybridized carbons (Fsp3) is 0.421. The SMILES string of the molecule is CCOC(=O)CCNC(=O)/C=C/C(=O)c1ccc2c(c1)CCCC2. The molecule has 0 spiro atoms. The topological polar surface area (TPSA) is 72.5 Å². The molecule has 1 aliphatic rings. The number of allylic oxidation sites excluding steroid dienone is 1. The summed E-state index contributed by atoms with van der Waals surface area (Å²) in [6.45, 7) is 2.24. The standard InChI is InChI=1S/C19H23NO4/c1-2-24-19(23)11-12-20-18(22)10-9-17(21)16-8-7-14-5-3-4-6-15(14)13-16/h7-10,13H,2-6,11-12H2,1H3,(H,20,22)/b10-9+. The van der Waals surface area contributed by atoms with Crippen molar-refractivity contribution in [2.45, 2.75) is 39.0 Å². The molecule has 0 aromatic heterocycles. The van der Waals surface area contributed by atoms with Crippen LogP contribution in [0.5, 0.6) is 0 Å². The highest BCUT2D eigenvalue weighted by Gasteiger charge is 2.11. The Balaban J connectivity index is 1.83. The molecule has 24 heavy (non-hydrogen) atoms. The molecule has 0 fully saturated rings. The molecular formula is C19H23NO4. The van der Waals surface area contributed by atoms with Gasteiger partial charge in [0.05, 0.1) is 13.0 Å². The summed E-state index contributed by atoms with van der Waals surface area (Å²) >= 11 is 0. The molecule has 128 valence electrons. The van der Waals surface area contributed by atoms with Gasteiger partial charge in [0.2, 0.25) is 5.91 Å². The van der Waals surface area contributed by atoms with Crippen LogP contribution in [0.25, 0.3) is 0 Å². The fourth-order valence-electron chi connectivity index (χ4n) is 2.71. The molecular weight excluding hydrogens is 306 g/mol. The number of hydrogen-bond donors (Lipinski definition) is 1. The third-order valence-corrected chi connectivity index (χ3v) is 3.95. The number of aryl methyl sites for hydroxylation is 2. The molecule has 0 heterocycles. The third-order valence-electron chi connectivity index (χ3n) is 3.95. The Morgan fingerprint density at radius 3 is 2.62 bits per heavy atom. The van der Waals surface area contributed by atoms with Crippen molar-refractivity contribution in [1.82, 2.24) is 5.32 Å². The first kappa shape index (κ1) is 17.9. The third kappa shape index (κ3) is 5.33. The van der Waals surface area contributed by atoms with Crippen molar-refractivity contribution < 1.29 is 19.1 Å². The maximum atomic E-state index is 12.2. The molecule has 1 amide bonds. The van der Waals surface area contributed by atoms with E-state index in [-0.39, 0.29) is 24.7 Å². The zero-order valence-electron chi connectivity index (χ0n) is 14.0. The number of ether oxygens (including phenoxy) is 1. The summed E-state index contributed by atoms with van der Waals surface area (Å²) in [5, 5.41) is 2.55. The highest BCUT2D eigenvalue weighted by Crippen LogP contribution is 2.22. The number of fused-ring (bicyclic) bond motifs is 1. The predicted molar refractivity (Wildman–Crippen MR) is 90.8 cm³/mol. The normalized spacial score (nSPS) is 13.4. The first-order valence-corrected chi connectivity index (χ1v) is 8.38. The number of carbonyl (C=O) groups excluding carboxylic acids is 3. The van der Waals surface area contributed by atoms with Crippen LogP contribution in [0.2, 0.25) is 0 Å². The summed E-state index contributed by atoms with van der Waals surface area (Å²) in [5.41, 5.74) is 3.16. The van der Waals surface area contributed by atoms with Gasteiger partial charge in [0.1, 0.15) is 0 Å². The van der Waals surface area contributed by atoms with Crippen molar-refractivity contribution in [1.29, 1.82) is 0 Å². The molecule has 1 aromatic carbocycles. The van der Waals surface area contributed by atoms with Crippen molar-refractivity contribution in [3.63, 3.8) is 0 Å². The van der Waals surface area contributed by atoms with E-state index in [1.807, 2.05) is 18.2 Å². The van der Waals surface area contributed by atoms with Crippen LogP contribution < -0.4 is 5.32 Å². The molecule has 0 radical (unpaired) electrons. The quantitative estimate of drug-likeness (QED) is 0.473. The van der Waals surface area contributed by atoms with E-state index in [4.69, 9.17) is 4.74 Å². The number of esters is 1. The molecule has 0 saturated carbocycles. The van der Waals surface area contributed by atoms with E-state index in [1.54, 1.807) is 6.92 Å². The lowest BCUT2D eigenvalue weighted by Gasteiger charge is -2.15. The zero-order valence-corrected chi connectivity index (χ0v) is 14.0. The van der Waals surface area contributed by atoms with Gasteiger partial charge in [-0.05, 0) is 55.9 Å². The highest BCUT2D eigenvalue weighted by atomic mass is 16.5. The van der Waals surface area contributed by atoms with E-state index in [0.29, 0.717) is 12.2 Å².